The summed E-state index contributed by atoms with van der Waals surface area (Å²) in [6.07, 6.45) is 4.35. The van der Waals surface area contributed by atoms with E-state index in [0.717, 1.165) is 25.7 Å². The smallest absolute Gasteiger partial charge is 0.337 e. The number of amides is 1. The van der Waals surface area contributed by atoms with E-state index in [1.807, 2.05) is 0 Å². The van der Waals surface area contributed by atoms with Crippen LogP contribution in [0.1, 0.15) is 46.4 Å². The van der Waals surface area contributed by atoms with Crippen molar-refractivity contribution in [2.75, 3.05) is 18.4 Å². The largest absolute Gasteiger partial charge is 0.478 e. The molecule has 1 saturated carbocycles. The van der Waals surface area contributed by atoms with Crippen LogP contribution in [0.3, 0.4) is 0 Å². The number of hydrogen-bond donors (Lipinski definition) is 2. The SMILES string of the molecule is O=C(Nc1ccc(Br)cc1C(=O)O)c1ccc(S(=O)(=O)N2CC3CCC(CC3)C2)cc1. The molecule has 1 aliphatic carbocycles. The maximum atomic E-state index is 13.1. The van der Waals surface area contributed by atoms with E-state index in [1.54, 1.807) is 10.4 Å². The van der Waals surface area contributed by atoms with Gasteiger partial charge < -0.3 is 10.4 Å². The van der Waals surface area contributed by atoms with Crippen LogP contribution < -0.4 is 5.32 Å². The zero-order valence-corrected chi connectivity index (χ0v) is 19.2. The number of sulfonamides is 1. The Bertz CT molecular complexity index is 1100. The third-order valence-electron chi connectivity index (χ3n) is 6.10. The molecule has 2 saturated heterocycles. The Kier molecular flexibility index (Phi) is 6.18. The molecule has 3 aliphatic rings. The predicted molar refractivity (Wildman–Crippen MR) is 120 cm³/mol. The first-order valence-corrected chi connectivity index (χ1v) is 12.4. The molecule has 3 fully saturated rings. The molecule has 31 heavy (non-hydrogen) atoms. The quantitative estimate of drug-likeness (QED) is 0.631. The third kappa shape index (κ3) is 4.68. The average Bonchev–Trinajstić information content (AvgIpc) is 3.10. The summed E-state index contributed by atoms with van der Waals surface area (Å²) in [5, 5.41) is 11.9. The summed E-state index contributed by atoms with van der Waals surface area (Å²) in [4.78, 5) is 24.2. The van der Waals surface area contributed by atoms with Gasteiger partial charge in [0.25, 0.3) is 5.91 Å². The summed E-state index contributed by atoms with van der Waals surface area (Å²) in [5.74, 6) is -0.827. The van der Waals surface area contributed by atoms with Gasteiger partial charge in [0.05, 0.1) is 16.1 Å². The van der Waals surface area contributed by atoms with Gasteiger partial charge in [-0.3, -0.25) is 4.79 Å². The van der Waals surface area contributed by atoms with Gasteiger partial charge in [0.2, 0.25) is 10.0 Å². The number of anilines is 1. The summed E-state index contributed by atoms with van der Waals surface area (Å²) in [7, 11) is -3.62. The maximum Gasteiger partial charge on any atom is 0.337 e. The molecule has 0 unspecified atom stereocenters. The molecule has 2 N–H and O–H groups in total. The minimum absolute atomic E-state index is 0.0438. The van der Waals surface area contributed by atoms with Crippen molar-refractivity contribution < 1.29 is 23.1 Å². The number of carboxylic acid groups (broad SMARTS) is 1. The summed E-state index contributed by atoms with van der Waals surface area (Å²) < 4.78 is 28.5. The molecule has 2 aromatic carbocycles. The number of carboxylic acids is 1. The van der Waals surface area contributed by atoms with E-state index in [0.29, 0.717) is 29.4 Å². The number of hydrogen-bond acceptors (Lipinski definition) is 4. The van der Waals surface area contributed by atoms with Gasteiger partial charge in [-0.15, -0.1) is 0 Å². The van der Waals surface area contributed by atoms with Gasteiger partial charge in [-0.05, 0) is 80.0 Å². The molecule has 9 heteroatoms. The van der Waals surface area contributed by atoms with Crippen LogP contribution in [0.4, 0.5) is 5.69 Å². The van der Waals surface area contributed by atoms with E-state index in [2.05, 4.69) is 21.2 Å². The molecule has 7 nitrogen and oxygen atoms in total. The van der Waals surface area contributed by atoms with Crippen LogP contribution in [-0.2, 0) is 10.0 Å². The van der Waals surface area contributed by atoms with Crippen LogP contribution in [0, 0.1) is 11.8 Å². The van der Waals surface area contributed by atoms with Crippen LogP contribution in [-0.4, -0.2) is 42.8 Å². The molecule has 0 spiro atoms. The molecule has 2 bridgehead atoms. The van der Waals surface area contributed by atoms with Crippen LogP contribution in [0.15, 0.2) is 51.8 Å². The average molecular weight is 507 g/mol. The first-order chi connectivity index (χ1) is 14.7. The summed E-state index contributed by atoms with van der Waals surface area (Å²) >= 11 is 3.21. The number of nitrogens with one attached hydrogen (secondary N) is 1. The normalized spacial score (nSPS) is 21.5. The summed E-state index contributed by atoms with van der Waals surface area (Å²) in [5.41, 5.74) is 0.365. The molecule has 0 radical (unpaired) electrons. The number of halogens is 1. The standard InChI is InChI=1S/C22H23BrN2O5S/c23-17-7-10-20(19(11-17)22(27)28)24-21(26)16-5-8-18(9-6-16)31(29,30)25-12-14-1-2-15(13-25)4-3-14/h5-11,14-15H,1-4,12-13H2,(H,24,26)(H,27,28). The Balaban J connectivity index is 1.52. The molecule has 1 amide bonds. The number of carbonyl (C=O) groups is 2. The fraction of sp³-hybridized carbons (Fsp3) is 0.364. The van der Waals surface area contributed by atoms with Crippen LogP contribution in [0.5, 0.6) is 0 Å². The van der Waals surface area contributed by atoms with Crippen molar-refractivity contribution in [1.29, 1.82) is 0 Å². The lowest BCUT2D eigenvalue weighted by Gasteiger charge is -2.22. The number of benzene rings is 2. The Morgan fingerprint density at radius 2 is 1.55 bits per heavy atom. The van der Waals surface area contributed by atoms with Crippen molar-refractivity contribution in [3.63, 3.8) is 0 Å². The minimum Gasteiger partial charge on any atom is -0.478 e. The van der Waals surface area contributed by atoms with Gasteiger partial charge in [-0.2, -0.15) is 4.31 Å². The maximum absolute atomic E-state index is 13.1. The lowest BCUT2D eigenvalue weighted by atomic mass is 9.84. The highest BCUT2D eigenvalue weighted by Gasteiger charge is 2.35. The Labute approximate surface area is 189 Å². The van der Waals surface area contributed by atoms with Gasteiger partial charge in [-0.1, -0.05) is 15.9 Å². The minimum atomic E-state index is -3.62. The van der Waals surface area contributed by atoms with Crippen molar-refractivity contribution in [3.8, 4) is 0 Å². The Morgan fingerprint density at radius 1 is 0.968 bits per heavy atom. The van der Waals surface area contributed by atoms with Gasteiger partial charge >= 0.3 is 5.97 Å². The number of nitrogens with zero attached hydrogens (tertiary/aromatic N) is 1. The highest BCUT2D eigenvalue weighted by Crippen LogP contribution is 2.36. The fourth-order valence-corrected chi connectivity index (χ4v) is 6.32. The van der Waals surface area contributed by atoms with Crippen LogP contribution in [0.2, 0.25) is 0 Å². The Hall–Kier alpha value is -2.23. The molecule has 0 atom stereocenters. The second kappa shape index (κ2) is 8.72. The fourth-order valence-electron chi connectivity index (χ4n) is 4.37. The second-order valence-electron chi connectivity index (χ2n) is 8.18. The van der Waals surface area contributed by atoms with E-state index in [4.69, 9.17) is 0 Å². The van der Waals surface area contributed by atoms with Gasteiger partial charge in [0.15, 0.2) is 0 Å². The highest BCUT2D eigenvalue weighted by atomic mass is 79.9. The molecule has 5 rings (SSSR count). The summed E-state index contributed by atoms with van der Waals surface area (Å²) in [6.45, 7) is 1.12. The van der Waals surface area contributed by atoms with Crippen LogP contribution in [0.25, 0.3) is 0 Å². The highest BCUT2D eigenvalue weighted by molar-refractivity contribution is 9.10. The summed E-state index contributed by atoms with van der Waals surface area (Å²) in [6, 6.07) is 10.3. The zero-order valence-electron chi connectivity index (χ0n) is 16.8. The van der Waals surface area contributed by atoms with Crippen molar-refractivity contribution in [2.45, 2.75) is 30.6 Å². The second-order valence-corrected chi connectivity index (χ2v) is 11.0. The van der Waals surface area contributed by atoms with Crippen LogP contribution >= 0.6 is 15.9 Å². The van der Waals surface area contributed by atoms with E-state index in [9.17, 15) is 23.1 Å². The monoisotopic (exact) mass is 506 g/mol. The van der Waals surface area contributed by atoms with Crippen molar-refractivity contribution in [1.82, 2.24) is 4.31 Å². The molecule has 164 valence electrons. The molecular weight excluding hydrogens is 484 g/mol. The molecule has 0 aromatic heterocycles. The van der Waals surface area contributed by atoms with Crippen molar-refractivity contribution in [3.05, 3.63) is 58.1 Å². The lowest BCUT2D eigenvalue weighted by Crippen LogP contribution is -2.34. The van der Waals surface area contributed by atoms with Gasteiger partial charge in [-0.25, -0.2) is 13.2 Å². The van der Waals surface area contributed by atoms with E-state index >= 15 is 0 Å². The van der Waals surface area contributed by atoms with Crippen molar-refractivity contribution >= 4 is 43.5 Å². The van der Waals surface area contributed by atoms with E-state index in [1.165, 1.54) is 36.4 Å². The lowest BCUT2D eigenvalue weighted by molar-refractivity contribution is 0.0698. The number of rotatable bonds is 5. The third-order valence-corrected chi connectivity index (χ3v) is 8.44. The van der Waals surface area contributed by atoms with E-state index in [-0.39, 0.29) is 21.7 Å². The number of aromatic carboxylic acids is 1. The molecular formula is C22H23BrN2O5S. The van der Waals surface area contributed by atoms with Crippen molar-refractivity contribution in [2.24, 2.45) is 11.8 Å². The van der Waals surface area contributed by atoms with Gasteiger partial charge in [0.1, 0.15) is 0 Å². The topological polar surface area (TPSA) is 104 Å². The molecule has 2 heterocycles. The first kappa shape index (κ1) is 22.0. The van der Waals surface area contributed by atoms with Gasteiger partial charge in [0, 0.05) is 23.1 Å². The zero-order chi connectivity index (χ0) is 22.2. The first-order valence-electron chi connectivity index (χ1n) is 10.2. The number of carbonyl (C=O) groups excluding carboxylic acids is 1. The number of fused-ring (bicyclic) bond motifs is 4. The van der Waals surface area contributed by atoms with E-state index < -0.39 is 21.9 Å². The molecule has 2 aliphatic heterocycles. The Morgan fingerprint density at radius 3 is 2.10 bits per heavy atom. The molecule has 2 aromatic rings. The predicted octanol–water partition coefficient (Wildman–Crippen LogP) is 4.21.